The van der Waals surface area contributed by atoms with Crippen molar-refractivity contribution in [3.8, 4) is 0 Å². The lowest BCUT2D eigenvalue weighted by atomic mass is 9.84. The molecule has 5 heteroatoms. The third-order valence-corrected chi connectivity index (χ3v) is 4.33. The number of nitrogens with zero attached hydrogens (tertiary/aromatic N) is 3. The first-order valence-electron chi connectivity index (χ1n) is 7.55. The Morgan fingerprint density at radius 3 is 2.90 bits per heavy atom. The number of hydrogen-bond acceptors (Lipinski definition) is 4. The average molecular weight is 273 g/mol. The van der Waals surface area contributed by atoms with Crippen molar-refractivity contribution in [2.45, 2.75) is 45.1 Å². The number of fused-ring (bicyclic) bond motifs is 1. The standard InChI is InChI=1S/C15H23N5/c1-11-7-14-17-10-18-20(14)15(8-11)19-13(9-16)12-5-3-2-4-6-12/h7-8,10,12-13,19H,2-6,9,16H2,1H3. The molecule has 1 saturated carbocycles. The summed E-state index contributed by atoms with van der Waals surface area (Å²) in [7, 11) is 0. The summed E-state index contributed by atoms with van der Waals surface area (Å²) >= 11 is 0. The zero-order valence-electron chi connectivity index (χ0n) is 12.0. The van der Waals surface area contributed by atoms with Crippen molar-refractivity contribution in [2.75, 3.05) is 11.9 Å². The van der Waals surface area contributed by atoms with Gasteiger partial charge < -0.3 is 11.1 Å². The van der Waals surface area contributed by atoms with Gasteiger partial charge in [-0.05, 0) is 43.4 Å². The van der Waals surface area contributed by atoms with Crippen molar-refractivity contribution >= 4 is 11.5 Å². The lowest BCUT2D eigenvalue weighted by Gasteiger charge is -2.30. The topological polar surface area (TPSA) is 68.2 Å². The van der Waals surface area contributed by atoms with Gasteiger partial charge in [0, 0.05) is 12.6 Å². The molecule has 0 spiro atoms. The van der Waals surface area contributed by atoms with E-state index in [0.29, 0.717) is 18.5 Å². The molecular formula is C15H23N5. The maximum Gasteiger partial charge on any atom is 0.157 e. The number of aromatic nitrogens is 3. The summed E-state index contributed by atoms with van der Waals surface area (Å²) in [5.74, 6) is 1.67. The van der Waals surface area contributed by atoms with Crippen LogP contribution in [0.15, 0.2) is 18.5 Å². The van der Waals surface area contributed by atoms with Crippen molar-refractivity contribution in [3.63, 3.8) is 0 Å². The molecule has 0 saturated heterocycles. The summed E-state index contributed by atoms with van der Waals surface area (Å²) in [5, 5.41) is 7.90. The fraction of sp³-hybridized carbons (Fsp3) is 0.600. The van der Waals surface area contributed by atoms with Gasteiger partial charge in [-0.2, -0.15) is 9.61 Å². The van der Waals surface area contributed by atoms with Crippen LogP contribution >= 0.6 is 0 Å². The van der Waals surface area contributed by atoms with E-state index in [1.54, 1.807) is 6.33 Å². The molecule has 0 aliphatic heterocycles. The molecule has 2 aromatic rings. The molecule has 108 valence electrons. The molecule has 0 aromatic carbocycles. The Balaban J connectivity index is 1.84. The Labute approximate surface area is 119 Å². The fourth-order valence-electron chi connectivity index (χ4n) is 3.26. The van der Waals surface area contributed by atoms with Gasteiger partial charge in [-0.1, -0.05) is 19.3 Å². The highest BCUT2D eigenvalue weighted by Gasteiger charge is 2.23. The van der Waals surface area contributed by atoms with Gasteiger partial charge in [-0.3, -0.25) is 0 Å². The van der Waals surface area contributed by atoms with Gasteiger partial charge in [-0.25, -0.2) is 4.98 Å². The summed E-state index contributed by atoms with van der Waals surface area (Å²) in [6.07, 6.45) is 8.18. The third-order valence-electron chi connectivity index (χ3n) is 4.33. The SMILES string of the molecule is Cc1cc(NC(CN)C2CCCCC2)n2ncnc2c1. The van der Waals surface area contributed by atoms with Crippen molar-refractivity contribution < 1.29 is 0 Å². The quantitative estimate of drug-likeness (QED) is 0.897. The zero-order chi connectivity index (χ0) is 13.9. The Morgan fingerprint density at radius 2 is 2.15 bits per heavy atom. The second-order valence-corrected chi connectivity index (χ2v) is 5.83. The minimum Gasteiger partial charge on any atom is -0.366 e. The van der Waals surface area contributed by atoms with Crippen LogP contribution in [0.1, 0.15) is 37.7 Å². The predicted octanol–water partition coefficient (Wildman–Crippen LogP) is 2.36. The first kappa shape index (κ1) is 13.4. The highest BCUT2D eigenvalue weighted by atomic mass is 15.3. The smallest absolute Gasteiger partial charge is 0.157 e. The molecule has 1 atom stereocenters. The highest BCUT2D eigenvalue weighted by Crippen LogP contribution is 2.28. The molecule has 1 aliphatic carbocycles. The number of nitrogens with one attached hydrogen (secondary N) is 1. The molecule has 1 fully saturated rings. The van der Waals surface area contributed by atoms with E-state index >= 15 is 0 Å². The first-order valence-corrected chi connectivity index (χ1v) is 7.55. The molecule has 0 radical (unpaired) electrons. The number of hydrogen-bond donors (Lipinski definition) is 2. The predicted molar refractivity (Wildman–Crippen MR) is 80.8 cm³/mol. The van der Waals surface area contributed by atoms with Crippen LogP contribution in [0, 0.1) is 12.8 Å². The minimum atomic E-state index is 0.324. The fourth-order valence-corrected chi connectivity index (χ4v) is 3.26. The van der Waals surface area contributed by atoms with E-state index in [4.69, 9.17) is 5.73 Å². The van der Waals surface area contributed by atoms with Crippen LogP contribution in [0.4, 0.5) is 5.82 Å². The number of anilines is 1. The van der Waals surface area contributed by atoms with Crippen molar-refractivity contribution in [3.05, 3.63) is 24.0 Å². The number of nitrogens with two attached hydrogens (primary N) is 1. The molecule has 5 nitrogen and oxygen atoms in total. The molecule has 3 N–H and O–H groups in total. The maximum absolute atomic E-state index is 6.00. The van der Waals surface area contributed by atoms with Crippen LogP contribution in [0.2, 0.25) is 0 Å². The molecule has 3 rings (SSSR count). The summed E-state index contributed by atoms with van der Waals surface area (Å²) in [4.78, 5) is 4.27. The number of aryl methyl sites for hydroxylation is 1. The Morgan fingerprint density at radius 1 is 1.35 bits per heavy atom. The molecule has 20 heavy (non-hydrogen) atoms. The average Bonchev–Trinajstić information content (AvgIpc) is 2.93. The van der Waals surface area contributed by atoms with Crippen molar-refractivity contribution in [1.82, 2.24) is 14.6 Å². The van der Waals surface area contributed by atoms with Crippen LogP contribution < -0.4 is 11.1 Å². The van der Waals surface area contributed by atoms with Gasteiger partial charge in [0.05, 0.1) is 0 Å². The summed E-state index contributed by atoms with van der Waals surface area (Å²) < 4.78 is 1.86. The van der Waals surface area contributed by atoms with Crippen LogP contribution in [0.5, 0.6) is 0 Å². The maximum atomic E-state index is 6.00. The lowest BCUT2D eigenvalue weighted by Crippen LogP contribution is -2.38. The summed E-state index contributed by atoms with van der Waals surface area (Å²) in [5.41, 5.74) is 8.07. The first-order chi connectivity index (χ1) is 9.78. The number of rotatable bonds is 4. The largest absolute Gasteiger partial charge is 0.366 e. The molecule has 0 amide bonds. The Kier molecular flexibility index (Phi) is 3.87. The van der Waals surface area contributed by atoms with Gasteiger partial charge >= 0.3 is 0 Å². The van der Waals surface area contributed by atoms with E-state index in [-0.39, 0.29) is 0 Å². The summed E-state index contributed by atoms with van der Waals surface area (Å²) in [6, 6.07) is 4.48. The Hall–Kier alpha value is -1.62. The van der Waals surface area contributed by atoms with Crippen molar-refractivity contribution in [1.29, 1.82) is 0 Å². The van der Waals surface area contributed by atoms with Gasteiger partial charge in [0.2, 0.25) is 0 Å². The third kappa shape index (κ3) is 2.63. The van der Waals surface area contributed by atoms with E-state index in [0.717, 1.165) is 11.5 Å². The second-order valence-electron chi connectivity index (χ2n) is 5.83. The van der Waals surface area contributed by atoms with Crippen LogP contribution in [0.25, 0.3) is 5.65 Å². The molecule has 1 unspecified atom stereocenters. The van der Waals surface area contributed by atoms with Crippen LogP contribution in [0.3, 0.4) is 0 Å². The second kappa shape index (κ2) is 5.79. The molecule has 1 aliphatic rings. The zero-order valence-corrected chi connectivity index (χ0v) is 12.0. The minimum absolute atomic E-state index is 0.324. The van der Waals surface area contributed by atoms with Crippen molar-refractivity contribution in [2.24, 2.45) is 11.7 Å². The number of pyridine rings is 1. The molecule has 2 heterocycles. The van der Waals surface area contributed by atoms with Gasteiger partial charge in [-0.15, -0.1) is 0 Å². The van der Waals surface area contributed by atoms with Gasteiger partial charge in [0.1, 0.15) is 12.1 Å². The van der Waals surface area contributed by atoms with E-state index < -0.39 is 0 Å². The van der Waals surface area contributed by atoms with E-state index in [9.17, 15) is 0 Å². The highest BCUT2D eigenvalue weighted by molar-refractivity contribution is 5.51. The van der Waals surface area contributed by atoms with Gasteiger partial charge in [0.15, 0.2) is 5.65 Å². The van der Waals surface area contributed by atoms with Gasteiger partial charge in [0.25, 0.3) is 0 Å². The van der Waals surface area contributed by atoms with Crippen LogP contribution in [-0.2, 0) is 0 Å². The van der Waals surface area contributed by atoms with E-state index in [1.165, 1.54) is 37.7 Å². The molecule has 2 aromatic heterocycles. The lowest BCUT2D eigenvalue weighted by molar-refractivity contribution is 0.320. The summed E-state index contributed by atoms with van der Waals surface area (Å²) in [6.45, 7) is 2.74. The molecular weight excluding hydrogens is 250 g/mol. The normalized spacial score (nSPS) is 18.3. The molecule has 0 bridgehead atoms. The van der Waals surface area contributed by atoms with E-state index in [1.807, 2.05) is 10.6 Å². The Bertz CT molecular complexity index is 571. The monoisotopic (exact) mass is 273 g/mol. The van der Waals surface area contributed by atoms with Crippen LogP contribution in [-0.4, -0.2) is 27.2 Å². The van der Waals surface area contributed by atoms with E-state index in [2.05, 4.69) is 28.4 Å².